The third-order valence-electron chi connectivity index (χ3n) is 3.95. The standard InChI is InChI=1S/C19H19NO3S/c21-18(9-8-15-5-2-1-3-6-15)20-14-19(22,16-10-11-23-13-16)17-7-4-12-24-17/h1-7,10-13,22H,8-9,14H2,(H,20,21)/t19-/m0/s1. The van der Waals surface area contributed by atoms with E-state index >= 15 is 0 Å². The lowest BCUT2D eigenvalue weighted by atomic mass is 9.94. The van der Waals surface area contributed by atoms with E-state index in [1.165, 1.54) is 23.9 Å². The molecule has 0 fully saturated rings. The number of aliphatic hydroxyl groups is 1. The van der Waals surface area contributed by atoms with Crippen LogP contribution in [0, 0.1) is 0 Å². The Balaban J connectivity index is 1.63. The highest BCUT2D eigenvalue weighted by Crippen LogP contribution is 2.32. The number of furan rings is 1. The maximum absolute atomic E-state index is 12.2. The molecule has 2 heterocycles. The molecular weight excluding hydrogens is 322 g/mol. The second-order valence-electron chi connectivity index (χ2n) is 5.61. The summed E-state index contributed by atoms with van der Waals surface area (Å²) in [5.41, 5.74) is 0.480. The normalized spacial score (nSPS) is 13.4. The molecule has 0 aliphatic carbocycles. The van der Waals surface area contributed by atoms with Crippen LogP contribution < -0.4 is 5.32 Å². The van der Waals surface area contributed by atoms with Crippen LogP contribution in [-0.4, -0.2) is 17.6 Å². The second-order valence-corrected chi connectivity index (χ2v) is 6.56. The highest BCUT2D eigenvalue weighted by atomic mass is 32.1. The van der Waals surface area contributed by atoms with E-state index in [1.807, 2.05) is 47.8 Å². The zero-order chi connectivity index (χ0) is 16.8. The smallest absolute Gasteiger partial charge is 0.220 e. The number of hydrogen-bond donors (Lipinski definition) is 2. The molecule has 3 rings (SSSR count). The Morgan fingerprint density at radius 3 is 2.67 bits per heavy atom. The monoisotopic (exact) mass is 341 g/mol. The van der Waals surface area contributed by atoms with E-state index in [2.05, 4.69) is 5.32 Å². The van der Waals surface area contributed by atoms with Crippen LogP contribution in [0.1, 0.15) is 22.4 Å². The number of carbonyl (C=O) groups is 1. The quantitative estimate of drug-likeness (QED) is 0.693. The molecule has 124 valence electrons. The molecule has 3 aromatic rings. The van der Waals surface area contributed by atoms with Crippen molar-refractivity contribution < 1.29 is 14.3 Å². The summed E-state index contributed by atoms with van der Waals surface area (Å²) in [6.07, 6.45) is 4.09. The molecule has 0 radical (unpaired) electrons. The Morgan fingerprint density at radius 2 is 2.00 bits per heavy atom. The summed E-state index contributed by atoms with van der Waals surface area (Å²) in [5, 5.41) is 15.8. The molecule has 0 unspecified atom stereocenters. The van der Waals surface area contributed by atoms with Gasteiger partial charge >= 0.3 is 0 Å². The summed E-state index contributed by atoms with van der Waals surface area (Å²) in [6, 6.07) is 15.3. The maximum Gasteiger partial charge on any atom is 0.220 e. The highest BCUT2D eigenvalue weighted by molar-refractivity contribution is 7.10. The SMILES string of the molecule is O=C(CCc1ccccc1)NC[C@](O)(c1ccoc1)c1cccs1. The van der Waals surface area contributed by atoms with Gasteiger partial charge < -0.3 is 14.8 Å². The minimum atomic E-state index is -1.27. The van der Waals surface area contributed by atoms with E-state index in [0.717, 1.165) is 10.4 Å². The number of carbonyl (C=O) groups excluding carboxylic acids is 1. The van der Waals surface area contributed by atoms with Gasteiger partial charge in [0.2, 0.25) is 5.91 Å². The van der Waals surface area contributed by atoms with Gasteiger partial charge in [-0.1, -0.05) is 36.4 Å². The zero-order valence-electron chi connectivity index (χ0n) is 13.1. The predicted molar refractivity (Wildman–Crippen MR) is 93.8 cm³/mol. The molecule has 0 spiro atoms. The topological polar surface area (TPSA) is 62.5 Å². The molecule has 0 bridgehead atoms. The fourth-order valence-electron chi connectivity index (χ4n) is 2.56. The van der Waals surface area contributed by atoms with E-state index in [4.69, 9.17) is 4.42 Å². The largest absolute Gasteiger partial charge is 0.472 e. The van der Waals surface area contributed by atoms with Crippen LogP contribution in [0.15, 0.2) is 70.9 Å². The number of benzene rings is 1. The van der Waals surface area contributed by atoms with Crippen LogP contribution in [-0.2, 0) is 16.8 Å². The van der Waals surface area contributed by atoms with Crippen LogP contribution in [0.5, 0.6) is 0 Å². The average molecular weight is 341 g/mol. The number of nitrogens with one attached hydrogen (secondary N) is 1. The molecule has 0 saturated heterocycles. The Hall–Kier alpha value is -2.37. The van der Waals surface area contributed by atoms with Crippen LogP contribution in [0.3, 0.4) is 0 Å². The average Bonchev–Trinajstić information content (AvgIpc) is 3.32. The molecule has 1 aromatic carbocycles. The van der Waals surface area contributed by atoms with E-state index < -0.39 is 5.60 Å². The van der Waals surface area contributed by atoms with E-state index in [0.29, 0.717) is 18.4 Å². The minimum absolute atomic E-state index is 0.0858. The van der Waals surface area contributed by atoms with Crippen molar-refractivity contribution in [2.24, 2.45) is 0 Å². The van der Waals surface area contributed by atoms with Crippen molar-refractivity contribution in [3.8, 4) is 0 Å². The van der Waals surface area contributed by atoms with Gasteiger partial charge in [-0.25, -0.2) is 0 Å². The minimum Gasteiger partial charge on any atom is -0.472 e. The number of hydrogen-bond acceptors (Lipinski definition) is 4. The lowest BCUT2D eigenvalue weighted by molar-refractivity contribution is -0.122. The van der Waals surface area contributed by atoms with Crippen LogP contribution >= 0.6 is 11.3 Å². The molecule has 24 heavy (non-hydrogen) atoms. The van der Waals surface area contributed by atoms with Gasteiger partial charge in [-0.05, 0) is 29.5 Å². The van der Waals surface area contributed by atoms with Crippen molar-refractivity contribution in [3.63, 3.8) is 0 Å². The van der Waals surface area contributed by atoms with Crippen molar-refractivity contribution in [1.82, 2.24) is 5.32 Å². The van der Waals surface area contributed by atoms with Crippen LogP contribution in [0.2, 0.25) is 0 Å². The van der Waals surface area contributed by atoms with Gasteiger partial charge in [0.1, 0.15) is 5.60 Å². The Labute approximate surface area is 144 Å². The molecular formula is C19H19NO3S. The first-order valence-corrected chi connectivity index (χ1v) is 8.66. The van der Waals surface area contributed by atoms with Gasteiger partial charge in [-0.2, -0.15) is 0 Å². The summed E-state index contributed by atoms with van der Waals surface area (Å²) < 4.78 is 5.10. The van der Waals surface area contributed by atoms with Gasteiger partial charge in [-0.3, -0.25) is 4.79 Å². The third-order valence-corrected chi connectivity index (χ3v) is 4.97. The Kier molecular flexibility index (Phi) is 5.13. The predicted octanol–water partition coefficient (Wildman–Crippen LogP) is 3.33. The zero-order valence-corrected chi connectivity index (χ0v) is 14.0. The van der Waals surface area contributed by atoms with Crippen molar-refractivity contribution >= 4 is 17.2 Å². The van der Waals surface area contributed by atoms with Gasteiger partial charge in [-0.15, -0.1) is 11.3 Å². The lowest BCUT2D eigenvalue weighted by Gasteiger charge is -2.26. The summed E-state index contributed by atoms with van der Waals surface area (Å²) in [6.45, 7) is 0.112. The second kappa shape index (κ2) is 7.47. The van der Waals surface area contributed by atoms with Gasteiger partial charge in [0.25, 0.3) is 0 Å². The lowest BCUT2D eigenvalue weighted by Crippen LogP contribution is -2.41. The number of rotatable bonds is 7. The van der Waals surface area contributed by atoms with Crippen molar-refractivity contribution in [1.29, 1.82) is 0 Å². The number of thiophene rings is 1. The summed E-state index contributed by atoms with van der Waals surface area (Å²) in [5.74, 6) is -0.0858. The molecule has 1 atom stereocenters. The van der Waals surface area contributed by atoms with Gasteiger partial charge in [0.05, 0.1) is 19.1 Å². The Bertz CT molecular complexity index is 717. The number of amides is 1. The van der Waals surface area contributed by atoms with Crippen LogP contribution in [0.4, 0.5) is 0 Å². The van der Waals surface area contributed by atoms with Crippen molar-refractivity contribution in [2.75, 3.05) is 6.54 Å². The fraction of sp³-hybridized carbons (Fsp3) is 0.211. The van der Waals surface area contributed by atoms with Gasteiger partial charge in [0.15, 0.2) is 0 Å². The van der Waals surface area contributed by atoms with E-state index in [-0.39, 0.29) is 12.5 Å². The molecule has 2 N–H and O–H groups in total. The fourth-order valence-corrected chi connectivity index (χ4v) is 3.41. The summed E-state index contributed by atoms with van der Waals surface area (Å²) >= 11 is 1.45. The van der Waals surface area contributed by atoms with E-state index in [1.54, 1.807) is 6.07 Å². The Morgan fingerprint density at radius 1 is 1.17 bits per heavy atom. The maximum atomic E-state index is 12.2. The molecule has 0 aliphatic rings. The van der Waals surface area contributed by atoms with Gasteiger partial charge in [0, 0.05) is 16.9 Å². The summed E-state index contributed by atoms with van der Waals surface area (Å²) in [4.78, 5) is 12.9. The molecule has 1 amide bonds. The third kappa shape index (κ3) is 3.75. The van der Waals surface area contributed by atoms with Crippen LogP contribution in [0.25, 0.3) is 0 Å². The first kappa shape index (κ1) is 16.5. The molecule has 5 heteroatoms. The molecule has 4 nitrogen and oxygen atoms in total. The first-order valence-electron chi connectivity index (χ1n) is 7.78. The van der Waals surface area contributed by atoms with E-state index in [9.17, 15) is 9.90 Å². The molecule has 2 aromatic heterocycles. The first-order chi connectivity index (χ1) is 11.7. The molecule has 0 aliphatic heterocycles. The molecule has 0 saturated carbocycles. The van der Waals surface area contributed by atoms with Crippen molar-refractivity contribution in [2.45, 2.75) is 18.4 Å². The highest BCUT2D eigenvalue weighted by Gasteiger charge is 2.34. The summed E-state index contributed by atoms with van der Waals surface area (Å²) in [7, 11) is 0. The number of aryl methyl sites for hydroxylation is 1. The van der Waals surface area contributed by atoms with Crippen molar-refractivity contribution in [3.05, 3.63) is 82.4 Å².